The van der Waals surface area contributed by atoms with Crippen LogP contribution in [0, 0.1) is 0 Å². The highest BCUT2D eigenvalue weighted by Crippen LogP contribution is 1.95. The molecule has 0 saturated carbocycles. The molecule has 0 aromatic carbocycles. The minimum absolute atomic E-state index is 0.156. The Morgan fingerprint density at radius 1 is 1.50 bits per heavy atom. The first-order valence-corrected chi connectivity index (χ1v) is 3.94. The molecule has 0 fully saturated rings. The molecule has 0 radical (unpaired) electrons. The highest BCUT2D eigenvalue weighted by Gasteiger charge is 2.05. The van der Waals surface area contributed by atoms with Crippen LogP contribution in [0.15, 0.2) is 5.16 Å². The number of hydrogen-bond donors (Lipinski definition) is 1. The van der Waals surface area contributed by atoms with Gasteiger partial charge >= 0.3 is 0 Å². The van der Waals surface area contributed by atoms with Gasteiger partial charge in [0.25, 0.3) is 0 Å². The van der Waals surface area contributed by atoms with E-state index in [4.69, 9.17) is 5.21 Å². The Morgan fingerprint density at radius 3 is 2.42 bits per heavy atom. The Balaban J connectivity index is 3.68. The van der Waals surface area contributed by atoms with Crippen LogP contribution in [0.1, 0.15) is 19.8 Å². The van der Waals surface area contributed by atoms with Gasteiger partial charge in [-0.05, 0) is 33.5 Å². The molecule has 0 saturated heterocycles. The SMILES string of the molecule is CC(=O)/C(CCCN(C)C)=N\O. The molecule has 0 bridgehead atoms. The van der Waals surface area contributed by atoms with E-state index in [-0.39, 0.29) is 11.5 Å². The van der Waals surface area contributed by atoms with Gasteiger partial charge < -0.3 is 10.1 Å². The molecule has 0 aliphatic carbocycles. The van der Waals surface area contributed by atoms with Crippen molar-refractivity contribution in [2.75, 3.05) is 20.6 Å². The Kier molecular flexibility index (Phi) is 5.28. The van der Waals surface area contributed by atoms with E-state index in [9.17, 15) is 4.79 Å². The van der Waals surface area contributed by atoms with Crippen LogP contribution in [0.4, 0.5) is 0 Å². The molecule has 70 valence electrons. The summed E-state index contributed by atoms with van der Waals surface area (Å²) < 4.78 is 0. The molecule has 4 heteroatoms. The monoisotopic (exact) mass is 172 g/mol. The fourth-order valence-corrected chi connectivity index (χ4v) is 0.859. The van der Waals surface area contributed by atoms with Crippen molar-refractivity contribution >= 4 is 11.5 Å². The minimum atomic E-state index is -0.156. The van der Waals surface area contributed by atoms with Gasteiger partial charge in [0, 0.05) is 6.92 Å². The van der Waals surface area contributed by atoms with E-state index < -0.39 is 0 Å². The van der Waals surface area contributed by atoms with Gasteiger partial charge in [0.05, 0.1) is 0 Å². The Labute approximate surface area is 72.9 Å². The molecule has 0 aromatic rings. The van der Waals surface area contributed by atoms with Crippen LogP contribution in [-0.2, 0) is 4.79 Å². The standard InChI is InChI=1S/C8H16N2O2/c1-7(11)8(9-12)5-4-6-10(2)3/h12H,4-6H2,1-3H3/b9-8-. The second-order valence-electron chi connectivity index (χ2n) is 3.01. The second kappa shape index (κ2) is 5.71. The summed E-state index contributed by atoms with van der Waals surface area (Å²) in [4.78, 5) is 12.8. The van der Waals surface area contributed by atoms with Crippen LogP contribution in [0.2, 0.25) is 0 Å². The first-order valence-electron chi connectivity index (χ1n) is 3.94. The lowest BCUT2D eigenvalue weighted by Gasteiger charge is -2.08. The lowest BCUT2D eigenvalue weighted by Crippen LogP contribution is -2.16. The molecule has 4 nitrogen and oxygen atoms in total. The van der Waals surface area contributed by atoms with Crippen molar-refractivity contribution in [1.29, 1.82) is 0 Å². The summed E-state index contributed by atoms with van der Waals surface area (Å²) in [7, 11) is 3.92. The average molecular weight is 172 g/mol. The van der Waals surface area contributed by atoms with Crippen LogP contribution < -0.4 is 0 Å². The topological polar surface area (TPSA) is 52.9 Å². The summed E-state index contributed by atoms with van der Waals surface area (Å²) in [6, 6.07) is 0. The second-order valence-corrected chi connectivity index (χ2v) is 3.01. The van der Waals surface area contributed by atoms with Crippen LogP contribution in [0.3, 0.4) is 0 Å². The normalized spacial score (nSPS) is 12.2. The van der Waals surface area contributed by atoms with Gasteiger partial charge in [0.15, 0.2) is 5.78 Å². The molecular weight excluding hydrogens is 156 g/mol. The third-order valence-corrected chi connectivity index (χ3v) is 1.55. The third-order valence-electron chi connectivity index (χ3n) is 1.55. The summed E-state index contributed by atoms with van der Waals surface area (Å²) in [5, 5.41) is 11.3. The number of carbonyl (C=O) groups is 1. The predicted molar refractivity (Wildman–Crippen MR) is 47.7 cm³/mol. The molecule has 0 aliphatic heterocycles. The molecule has 0 unspecified atom stereocenters. The average Bonchev–Trinajstić information content (AvgIpc) is 1.96. The molecule has 0 spiro atoms. The van der Waals surface area contributed by atoms with E-state index in [0.717, 1.165) is 13.0 Å². The van der Waals surface area contributed by atoms with E-state index >= 15 is 0 Å². The van der Waals surface area contributed by atoms with Crippen LogP contribution >= 0.6 is 0 Å². The zero-order chi connectivity index (χ0) is 9.56. The van der Waals surface area contributed by atoms with Gasteiger partial charge in [-0.3, -0.25) is 4.79 Å². The van der Waals surface area contributed by atoms with Crippen LogP contribution in [0.5, 0.6) is 0 Å². The number of rotatable bonds is 5. The first-order chi connectivity index (χ1) is 5.57. The number of ketones is 1. The van der Waals surface area contributed by atoms with E-state index in [0.29, 0.717) is 6.42 Å². The number of Topliss-reactive ketones (excluding diaryl/α,β-unsaturated/α-hetero) is 1. The highest BCUT2D eigenvalue weighted by molar-refractivity contribution is 6.38. The maximum atomic E-state index is 10.7. The summed E-state index contributed by atoms with van der Waals surface area (Å²) in [5.41, 5.74) is 0.261. The smallest absolute Gasteiger partial charge is 0.177 e. The summed E-state index contributed by atoms with van der Waals surface area (Å²) in [6.07, 6.45) is 1.38. The molecule has 0 atom stereocenters. The van der Waals surface area contributed by atoms with Crippen molar-refractivity contribution in [3.8, 4) is 0 Å². The first kappa shape index (κ1) is 11.1. The Bertz CT molecular complexity index is 176. The number of nitrogens with zero attached hydrogens (tertiary/aromatic N) is 2. The lowest BCUT2D eigenvalue weighted by molar-refractivity contribution is -0.111. The van der Waals surface area contributed by atoms with Crippen LogP contribution in [-0.4, -0.2) is 42.2 Å². The van der Waals surface area contributed by atoms with Gasteiger partial charge in [0.1, 0.15) is 5.71 Å². The Hall–Kier alpha value is -0.900. The Morgan fingerprint density at radius 2 is 2.08 bits per heavy atom. The zero-order valence-corrected chi connectivity index (χ0v) is 7.87. The predicted octanol–water partition coefficient (Wildman–Crippen LogP) is 0.747. The van der Waals surface area contributed by atoms with E-state index in [1.165, 1.54) is 6.92 Å². The molecule has 0 aliphatic rings. The zero-order valence-electron chi connectivity index (χ0n) is 7.87. The highest BCUT2D eigenvalue weighted by atomic mass is 16.4. The third kappa shape index (κ3) is 4.85. The number of carbonyl (C=O) groups excluding carboxylic acids is 1. The molecule has 12 heavy (non-hydrogen) atoms. The molecule has 0 rings (SSSR count). The summed E-state index contributed by atoms with van der Waals surface area (Å²) in [6.45, 7) is 2.30. The molecule has 0 aromatic heterocycles. The minimum Gasteiger partial charge on any atom is -0.411 e. The fraction of sp³-hybridized carbons (Fsp3) is 0.750. The van der Waals surface area contributed by atoms with Gasteiger partial charge in [-0.15, -0.1) is 0 Å². The largest absolute Gasteiger partial charge is 0.411 e. The maximum Gasteiger partial charge on any atom is 0.177 e. The van der Waals surface area contributed by atoms with Crippen molar-refractivity contribution in [1.82, 2.24) is 4.90 Å². The van der Waals surface area contributed by atoms with Crippen molar-refractivity contribution in [2.45, 2.75) is 19.8 Å². The molecular formula is C8H16N2O2. The van der Waals surface area contributed by atoms with Crippen molar-refractivity contribution in [3.05, 3.63) is 0 Å². The van der Waals surface area contributed by atoms with Gasteiger partial charge in [-0.2, -0.15) is 0 Å². The molecule has 0 amide bonds. The van der Waals surface area contributed by atoms with Gasteiger partial charge in [0.2, 0.25) is 0 Å². The van der Waals surface area contributed by atoms with Crippen LogP contribution in [0.25, 0.3) is 0 Å². The molecule has 1 N–H and O–H groups in total. The number of hydrogen-bond acceptors (Lipinski definition) is 4. The maximum absolute atomic E-state index is 10.7. The molecule has 0 heterocycles. The fourth-order valence-electron chi connectivity index (χ4n) is 0.859. The van der Waals surface area contributed by atoms with E-state index in [1.807, 2.05) is 19.0 Å². The van der Waals surface area contributed by atoms with Crippen molar-refractivity contribution < 1.29 is 10.0 Å². The van der Waals surface area contributed by atoms with Crippen molar-refractivity contribution in [2.24, 2.45) is 5.16 Å². The quantitative estimate of drug-likeness (QED) is 0.378. The lowest BCUT2D eigenvalue weighted by atomic mass is 10.1. The summed E-state index contributed by atoms with van der Waals surface area (Å²) >= 11 is 0. The summed E-state index contributed by atoms with van der Waals surface area (Å²) in [5.74, 6) is -0.156. The van der Waals surface area contributed by atoms with E-state index in [1.54, 1.807) is 0 Å². The van der Waals surface area contributed by atoms with Gasteiger partial charge in [-0.25, -0.2) is 0 Å². The van der Waals surface area contributed by atoms with Crippen molar-refractivity contribution in [3.63, 3.8) is 0 Å². The van der Waals surface area contributed by atoms with E-state index in [2.05, 4.69) is 5.16 Å². The number of oxime groups is 1. The van der Waals surface area contributed by atoms with Gasteiger partial charge in [-0.1, -0.05) is 5.16 Å².